The van der Waals surface area contributed by atoms with E-state index in [2.05, 4.69) is 4.98 Å². The SMILES string of the molecule is FC(F)=Cc1ccc2cccnc2c1. The van der Waals surface area contributed by atoms with Gasteiger partial charge in [-0.2, -0.15) is 8.78 Å². The molecule has 0 unspecified atom stereocenters. The number of pyridine rings is 1. The first-order chi connectivity index (χ1) is 6.75. The van der Waals surface area contributed by atoms with Gasteiger partial charge in [0, 0.05) is 17.7 Å². The van der Waals surface area contributed by atoms with Crippen LogP contribution in [0.15, 0.2) is 42.6 Å². The Balaban J connectivity index is 2.57. The second-order valence-corrected chi connectivity index (χ2v) is 2.89. The fraction of sp³-hybridized carbons (Fsp3) is 0. The lowest BCUT2D eigenvalue weighted by molar-refractivity contribution is 0.429. The summed E-state index contributed by atoms with van der Waals surface area (Å²) in [5.41, 5.74) is 1.19. The number of rotatable bonds is 1. The van der Waals surface area contributed by atoms with Crippen LogP contribution in [-0.4, -0.2) is 4.98 Å². The van der Waals surface area contributed by atoms with Crippen molar-refractivity contribution in [2.24, 2.45) is 0 Å². The summed E-state index contributed by atoms with van der Waals surface area (Å²) in [4.78, 5) is 4.07. The van der Waals surface area contributed by atoms with Crippen molar-refractivity contribution in [2.75, 3.05) is 0 Å². The van der Waals surface area contributed by atoms with E-state index in [0.29, 0.717) is 5.56 Å². The average Bonchev–Trinajstić information content (AvgIpc) is 2.17. The van der Waals surface area contributed by atoms with Crippen LogP contribution in [0.4, 0.5) is 8.78 Å². The first kappa shape index (κ1) is 8.81. The van der Waals surface area contributed by atoms with Crippen LogP contribution in [0.2, 0.25) is 0 Å². The molecule has 0 fully saturated rings. The molecule has 70 valence electrons. The van der Waals surface area contributed by atoms with Crippen LogP contribution in [0.5, 0.6) is 0 Å². The van der Waals surface area contributed by atoms with Gasteiger partial charge in [-0.25, -0.2) is 0 Å². The molecular formula is C11H7F2N. The highest BCUT2D eigenvalue weighted by Crippen LogP contribution is 2.16. The zero-order valence-electron chi connectivity index (χ0n) is 7.24. The van der Waals surface area contributed by atoms with Crippen LogP contribution in [-0.2, 0) is 0 Å². The molecule has 14 heavy (non-hydrogen) atoms. The number of aromatic nitrogens is 1. The molecule has 1 heterocycles. The van der Waals surface area contributed by atoms with E-state index >= 15 is 0 Å². The number of halogens is 2. The maximum atomic E-state index is 12.0. The van der Waals surface area contributed by atoms with Crippen molar-refractivity contribution in [3.63, 3.8) is 0 Å². The van der Waals surface area contributed by atoms with E-state index in [1.807, 2.05) is 12.1 Å². The zero-order valence-corrected chi connectivity index (χ0v) is 7.24. The maximum Gasteiger partial charge on any atom is 0.270 e. The van der Waals surface area contributed by atoms with Crippen molar-refractivity contribution in [3.05, 3.63) is 48.2 Å². The Bertz CT molecular complexity index is 487. The molecular weight excluding hydrogens is 184 g/mol. The van der Waals surface area contributed by atoms with Crippen molar-refractivity contribution in [2.45, 2.75) is 0 Å². The Morgan fingerprint density at radius 1 is 1.21 bits per heavy atom. The van der Waals surface area contributed by atoms with Crippen LogP contribution < -0.4 is 0 Å². The van der Waals surface area contributed by atoms with Crippen molar-refractivity contribution in [1.29, 1.82) is 0 Å². The Kier molecular flexibility index (Phi) is 2.23. The van der Waals surface area contributed by atoms with Crippen molar-refractivity contribution in [1.82, 2.24) is 4.98 Å². The molecule has 0 saturated heterocycles. The summed E-state index contributed by atoms with van der Waals surface area (Å²) in [5, 5.41) is 0.948. The molecule has 1 nitrogen and oxygen atoms in total. The van der Waals surface area contributed by atoms with Gasteiger partial charge in [0.2, 0.25) is 0 Å². The quantitative estimate of drug-likeness (QED) is 0.672. The van der Waals surface area contributed by atoms with Crippen LogP contribution in [0.25, 0.3) is 17.0 Å². The van der Waals surface area contributed by atoms with E-state index in [-0.39, 0.29) is 0 Å². The summed E-state index contributed by atoms with van der Waals surface area (Å²) in [7, 11) is 0. The second-order valence-electron chi connectivity index (χ2n) is 2.89. The molecule has 0 aliphatic rings. The average molecular weight is 191 g/mol. The Morgan fingerprint density at radius 2 is 2.07 bits per heavy atom. The Labute approximate surface area is 79.7 Å². The normalized spacial score (nSPS) is 10.1. The predicted molar refractivity (Wildman–Crippen MR) is 51.9 cm³/mol. The van der Waals surface area contributed by atoms with E-state index in [1.165, 1.54) is 0 Å². The van der Waals surface area contributed by atoms with Gasteiger partial charge in [0.25, 0.3) is 6.08 Å². The third-order valence-electron chi connectivity index (χ3n) is 1.91. The molecule has 0 aliphatic carbocycles. The fourth-order valence-corrected chi connectivity index (χ4v) is 1.30. The van der Waals surface area contributed by atoms with E-state index in [9.17, 15) is 8.78 Å². The summed E-state index contributed by atoms with van der Waals surface area (Å²) in [6.45, 7) is 0. The van der Waals surface area contributed by atoms with E-state index in [0.717, 1.165) is 17.0 Å². The summed E-state index contributed by atoms with van der Waals surface area (Å²) in [6.07, 6.45) is 0.774. The minimum atomic E-state index is -1.69. The highest BCUT2D eigenvalue weighted by Gasteiger charge is 1.96. The Morgan fingerprint density at radius 3 is 2.86 bits per heavy atom. The highest BCUT2D eigenvalue weighted by atomic mass is 19.3. The molecule has 0 saturated carbocycles. The third kappa shape index (κ3) is 1.76. The third-order valence-corrected chi connectivity index (χ3v) is 1.91. The lowest BCUT2D eigenvalue weighted by Gasteiger charge is -1.97. The molecule has 0 atom stereocenters. The molecule has 0 bridgehead atoms. The largest absolute Gasteiger partial charge is 0.270 e. The number of hydrogen-bond donors (Lipinski definition) is 0. The standard InChI is InChI=1S/C11H7F2N/c12-11(13)7-8-3-4-9-2-1-5-14-10(9)6-8/h1-7H. The molecule has 3 heteroatoms. The first-order valence-electron chi connectivity index (χ1n) is 4.13. The smallest absolute Gasteiger partial charge is 0.256 e. The molecule has 2 rings (SSSR count). The molecule has 0 radical (unpaired) electrons. The lowest BCUT2D eigenvalue weighted by atomic mass is 10.1. The topological polar surface area (TPSA) is 12.9 Å². The van der Waals surface area contributed by atoms with Crippen LogP contribution in [0.1, 0.15) is 5.56 Å². The Hall–Kier alpha value is -1.77. The van der Waals surface area contributed by atoms with E-state index in [4.69, 9.17) is 0 Å². The molecule has 0 spiro atoms. The van der Waals surface area contributed by atoms with Gasteiger partial charge in [0.1, 0.15) is 0 Å². The van der Waals surface area contributed by atoms with Gasteiger partial charge >= 0.3 is 0 Å². The summed E-state index contributed by atoms with van der Waals surface area (Å²) < 4.78 is 23.9. The van der Waals surface area contributed by atoms with Gasteiger partial charge < -0.3 is 0 Å². The fourth-order valence-electron chi connectivity index (χ4n) is 1.30. The number of nitrogens with zero attached hydrogens (tertiary/aromatic N) is 1. The van der Waals surface area contributed by atoms with Gasteiger partial charge in [-0.3, -0.25) is 4.98 Å². The first-order valence-corrected chi connectivity index (χ1v) is 4.13. The molecule has 1 aromatic heterocycles. The van der Waals surface area contributed by atoms with Crippen molar-refractivity contribution >= 4 is 17.0 Å². The number of fused-ring (bicyclic) bond motifs is 1. The van der Waals surface area contributed by atoms with Crippen LogP contribution >= 0.6 is 0 Å². The van der Waals surface area contributed by atoms with Gasteiger partial charge in [0.15, 0.2) is 0 Å². The van der Waals surface area contributed by atoms with Crippen LogP contribution in [0.3, 0.4) is 0 Å². The molecule has 2 aromatic rings. The van der Waals surface area contributed by atoms with Crippen molar-refractivity contribution in [3.8, 4) is 0 Å². The molecule has 0 aliphatic heterocycles. The van der Waals surface area contributed by atoms with Gasteiger partial charge in [-0.15, -0.1) is 0 Å². The van der Waals surface area contributed by atoms with E-state index in [1.54, 1.807) is 24.4 Å². The second kappa shape index (κ2) is 3.54. The lowest BCUT2D eigenvalue weighted by Crippen LogP contribution is -1.79. The van der Waals surface area contributed by atoms with Gasteiger partial charge in [-0.1, -0.05) is 18.2 Å². The highest BCUT2D eigenvalue weighted by molar-refractivity contribution is 5.80. The molecule has 0 N–H and O–H groups in total. The summed E-state index contributed by atoms with van der Waals surface area (Å²) in [6, 6.07) is 8.75. The minimum absolute atomic E-state index is 0.469. The van der Waals surface area contributed by atoms with E-state index < -0.39 is 6.08 Å². The number of hydrogen-bond acceptors (Lipinski definition) is 1. The van der Waals surface area contributed by atoms with Crippen molar-refractivity contribution < 1.29 is 8.78 Å². The minimum Gasteiger partial charge on any atom is -0.256 e. The monoisotopic (exact) mass is 191 g/mol. The van der Waals surface area contributed by atoms with Crippen LogP contribution in [0, 0.1) is 0 Å². The molecule has 0 amide bonds. The summed E-state index contributed by atoms with van der Waals surface area (Å²) >= 11 is 0. The van der Waals surface area contributed by atoms with Gasteiger partial charge in [-0.05, 0) is 17.7 Å². The maximum absolute atomic E-state index is 12.0. The zero-order chi connectivity index (χ0) is 9.97. The predicted octanol–water partition coefficient (Wildman–Crippen LogP) is 3.47. The van der Waals surface area contributed by atoms with Gasteiger partial charge in [0.05, 0.1) is 5.52 Å². The number of benzene rings is 1. The summed E-state index contributed by atoms with van der Waals surface area (Å²) in [5.74, 6) is 0. The molecule has 1 aromatic carbocycles.